The van der Waals surface area contributed by atoms with Gasteiger partial charge in [0.25, 0.3) is 0 Å². The highest BCUT2D eigenvalue weighted by molar-refractivity contribution is 4.69. The maximum Gasteiger partial charge on any atom is 0.147 e. The first kappa shape index (κ1) is 12.4. The van der Waals surface area contributed by atoms with Crippen molar-refractivity contribution in [2.24, 2.45) is 5.92 Å². The molecule has 2 nitrogen and oxygen atoms in total. The van der Waals surface area contributed by atoms with Crippen molar-refractivity contribution in [2.45, 2.75) is 76.9 Å². The van der Waals surface area contributed by atoms with Gasteiger partial charge in [-0.3, -0.25) is 0 Å². The zero-order valence-electron chi connectivity index (χ0n) is 10.6. The van der Waals surface area contributed by atoms with Crippen molar-refractivity contribution in [2.75, 3.05) is 6.79 Å². The van der Waals surface area contributed by atoms with Gasteiger partial charge in [0.2, 0.25) is 0 Å². The van der Waals surface area contributed by atoms with Gasteiger partial charge in [-0.2, -0.15) is 0 Å². The third-order valence-corrected chi connectivity index (χ3v) is 4.12. The Balaban J connectivity index is 1.53. The molecule has 0 bridgehead atoms. The molecule has 0 atom stereocenters. The molecule has 0 aliphatic heterocycles. The van der Waals surface area contributed by atoms with E-state index in [0.717, 1.165) is 5.92 Å². The second-order valence-corrected chi connectivity index (χ2v) is 5.59. The molecule has 0 unspecified atom stereocenters. The van der Waals surface area contributed by atoms with Gasteiger partial charge in [-0.05, 0) is 44.4 Å². The molecule has 0 aromatic carbocycles. The van der Waals surface area contributed by atoms with Crippen molar-refractivity contribution in [1.29, 1.82) is 0 Å². The topological polar surface area (TPSA) is 18.5 Å². The second kappa shape index (κ2) is 6.61. The van der Waals surface area contributed by atoms with Crippen molar-refractivity contribution in [3.63, 3.8) is 0 Å². The Bertz CT molecular complexity index is 179. The highest BCUT2D eigenvalue weighted by Gasteiger charge is 2.19. The van der Waals surface area contributed by atoms with Crippen LogP contribution >= 0.6 is 0 Å². The van der Waals surface area contributed by atoms with E-state index in [1.54, 1.807) is 0 Å². The predicted molar refractivity (Wildman–Crippen MR) is 65.3 cm³/mol. The number of rotatable bonds is 4. The van der Waals surface area contributed by atoms with E-state index in [-0.39, 0.29) is 0 Å². The first-order valence-corrected chi connectivity index (χ1v) is 7.08. The molecule has 0 aromatic heterocycles. The maximum atomic E-state index is 5.81. The van der Waals surface area contributed by atoms with Crippen molar-refractivity contribution in [1.82, 2.24) is 0 Å². The Morgan fingerprint density at radius 1 is 0.750 bits per heavy atom. The Labute approximate surface area is 99.7 Å². The van der Waals surface area contributed by atoms with Gasteiger partial charge in [0.15, 0.2) is 0 Å². The minimum atomic E-state index is 0.472. The second-order valence-electron chi connectivity index (χ2n) is 5.59. The van der Waals surface area contributed by atoms with Crippen LogP contribution in [0.5, 0.6) is 0 Å². The number of ether oxygens (including phenoxy) is 2. The third-order valence-electron chi connectivity index (χ3n) is 4.12. The molecule has 2 rings (SSSR count). The van der Waals surface area contributed by atoms with E-state index >= 15 is 0 Å². The van der Waals surface area contributed by atoms with E-state index in [4.69, 9.17) is 9.47 Å². The minimum absolute atomic E-state index is 0.472. The molecule has 16 heavy (non-hydrogen) atoms. The molecule has 94 valence electrons. The SMILES string of the molecule is CC1CCC(OCOC2CCCCC2)CC1. The minimum Gasteiger partial charge on any atom is -0.352 e. The van der Waals surface area contributed by atoms with Crippen LogP contribution in [0.25, 0.3) is 0 Å². The fraction of sp³-hybridized carbons (Fsp3) is 1.00. The molecule has 2 aliphatic rings. The third kappa shape index (κ3) is 4.06. The summed E-state index contributed by atoms with van der Waals surface area (Å²) in [6, 6.07) is 0. The summed E-state index contributed by atoms with van der Waals surface area (Å²) < 4.78 is 11.6. The van der Waals surface area contributed by atoms with Crippen molar-refractivity contribution in [3.8, 4) is 0 Å². The van der Waals surface area contributed by atoms with Crippen LogP contribution < -0.4 is 0 Å². The maximum absolute atomic E-state index is 5.81. The summed E-state index contributed by atoms with van der Waals surface area (Å²) in [6.45, 7) is 2.87. The molecular weight excluding hydrogens is 200 g/mol. The molecule has 0 N–H and O–H groups in total. The van der Waals surface area contributed by atoms with Gasteiger partial charge >= 0.3 is 0 Å². The molecule has 0 heterocycles. The van der Waals surface area contributed by atoms with E-state index in [2.05, 4.69) is 6.92 Å². The normalized spacial score (nSPS) is 32.8. The fourth-order valence-electron chi connectivity index (χ4n) is 2.86. The molecule has 0 saturated heterocycles. The van der Waals surface area contributed by atoms with Gasteiger partial charge in [-0.15, -0.1) is 0 Å². The van der Waals surface area contributed by atoms with Crippen LogP contribution in [0, 0.1) is 5.92 Å². The van der Waals surface area contributed by atoms with Gasteiger partial charge < -0.3 is 9.47 Å². The van der Waals surface area contributed by atoms with Crippen LogP contribution in [0.1, 0.15) is 64.7 Å². The molecule has 2 heteroatoms. The molecule has 2 aliphatic carbocycles. The zero-order valence-corrected chi connectivity index (χ0v) is 10.6. The summed E-state index contributed by atoms with van der Waals surface area (Å²) in [5.74, 6) is 0.902. The summed E-state index contributed by atoms with van der Waals surface area (Å²) >= 11 is 0. The highest BCUT2D eigenvalue weighted by atomic mass is 16.7. The lowest BCUT2D eigenvalue weighted by Crippen LogP contribution is -2.24. The quantitative estimate of drug-likeness (QED) is 0.677. The van der Waals surface area contributed by atoms with E-state index in [9.17, 15) is 0 Å². The van der Waals surface area contributed by atoms with E-state index in [1.807, 2.05) is 0 Å². The summed E-state index contributed by atoms with van der Waals surface area (Å²) in [7, 11) is 0. The smallest absolute Gasteiger partial charge is 0.147 e. The van der Waals surface area contributed by atoms with Crippen molar-refractivity contribution >= 4 is 0 Å². The van der Waals surface area contributed by atoms with Crippen LogP contribution in [0.4, 0.5) is 0 Å². The standard InChI is InChI=1S/C14H26O2/c1-12-7-9-14(10-8-12)16-11-15-13-5-3-2-4-6-13/h12-14H,2-11H2,1H3. The lowest BCUT2D eigenvalue weighted by Gasteiger charge is -2.27. The Morgan fingerprint density at radius 3 is 1.94 bits per heavy atom. The Kier molecular flexibility index (Phi) is 5.11. The molecule has 0 spiro atoms. The van der Waals surface area contributed by atoms with E-state index < -0.39 is 0 Å². The Morgan fingerprint density at radius 2 is 1.31 bits per heavy atom. The first-order valence-electron chi connectivity index (χ1n) is 7.08. The fourth-order valence-corrected chi connectivity index (χ4v) is 2.86. The first-order chi connectivity index (χ1) is 7.84. The highest BCUT2D eigenvalue weighted by Crippen LogP contribution is 2.26. The van der Waals surface area contributed by atoms with Gasteiger partial charge in [-0.25, -0.2) is 0 Å². The van der Waals surface area contributed by atoms with Crippen LogP contribution in [0.15, 0.2) is 0 Å². The molecule has 2 saturated carbocycles. The van der Waals surface area contributed by atoms with Gasteiger partial charge in [0, 0.05) is 0 Å². The molecule has 0 amide bonds. The van der Waals surface area contributed by atoms with Gasteiger partial charge in [0.05, 0.1) is 12.2 Å². The largest absolute Gasteiger partial charge is 0.352 e. The predicted octanol–water partition coefficient (Wildman–Crippen LogP) is 3.89. The van der Waals surface area contributed by atoms with Crippen LogP contribution in [0.3, 0.4) is 0 Å². The molecule has 0 aromatic rings. The Hall–Kier alpha value is -0.0800. The monoisotopic (exact) mass is 226 g/mol. The molecular formula is C14H26O2. The summed E-state index contributed by atoms with van der Waals surface area (Å²) in [5.41, 5.74) is 0. The van der Waals surface area contributed by atoms with Gasteiger partial charge in [0.1, 0.15) is 6.79 Å². The van der Waals surface area contributed by atoms with Crippen molar-refractivity contribution in [3.05, 3.63) is 0 Å². The van der Waals surface area contributed by atoms with Crippen LogP contribution in [-0.4, -0.2) is 19.0 Å². The molecule has 2 fully saturated rings. The summed E-state index contributed by atoms with van der Waals surface area (Å²) in [4.78, 5) is 0. The van der Waals surface area contributed by atoms with E-state index in [0.29, 0.717) is 19.0 Å². The summed E-state index contributed by atoms with van der Waals surface area (Å²) in [6.07, 6.45) is 12.6. The molecule has 0 radical (unpaired) electrons. The number of hydrogen-bond acceptors (Lipinski definition) is 2. The van der Waals surface area contributed by atoms with E-state index in [1.165, 1.54) is 57.8 Å². The van der Waals surface area contributed by atoms with Crippen LogP contribution in [0.2, 0.25) is 0 Å². The lowest BCUT2D eigenvalue weighted by atomic mass is 9.89. The van der Waals surface area contributed by atoms with Crippen LogP contribution in [-0.2, 0) is 9.47 Å². The van der Waals surface area contributed by atoms with Gasteiger partial charge in [-0.1, -0.05) is 26.2 Å². The average Bonchev–Trinajstić information content (AvgIpc) is 2.33. The number of hydrogen-bond donors (Lipinski definition) is 0. The average molecular weight is 226 g/mol. The zero-order chi connectivity index (χ0) is 11.2. The lowest BCUT2D eigenvalue weighted by molar-refractivity contribution is -0.132. The van der Waals surface area contributed by atoms with Crippen molar-refractivity contribution < 1.29 is 9.47 Å². The summed E-state index contributed by atoms with van der Waals surface area (Å²) in [5, 5.41) is 0.